The third kappa shape index (κ3) is 1.26. The van der Waals surface area contributed by atoms with Gasteiger partial charge in [0.1, 0.15) is 0 Å². The predicted molar refractivity (Wildman–Crippen MR) is 49.0 cm³/mol. The van der Waals surface area contributed by atoms with Gasteiger partial charge in [-0.3, -0.25) is 10.1 Å². The van der Waals surface area contributed by atoms with E-state index in [9.17, 15) is 14.9 Å². The maximum absolute atomic E-state index is 10.9. The van der Waals surface area contributed by atoms with Crippen molar-refractivity contribution in [3.05, 3.63) is 33.9 Å². The fraction of sp³-hybridized carbons (Fsp3) is 0.125. The van der Waals surface area contributed by atoms with Crippen molar-refractivity contribution in [3.8, 4) is 0 Å². The maximum atomic E-state index is 10.9. The molecule has 1 aliphatic heterocycles. The number of amides is 2. The molecule has 0 spiro atoms. The van der Waals surface area contributed by atoms with Gasteiger partial charge in [-0.1, -0.05) is 6.07 Å². The van der Waals surface area contributed by atoms with Gasteiger partial charge < -0.3 is 10.6 Å². The van der Waals surface area contributed by atoms with Crippen molar-refractivity contribution in [1.29, 1.82) is 0 Å². The quantitative estimate of drug-likeness (QED) is 0.519. The van der Waals surface area contributed by atoms with E-state index in [1.165, 1.54) is 6.07 Å². The van der Waals surface area contributed by atoms with Crippen molar-refractivity contribution in [3.63, 3.8) is 0 Å². The first kappa shape index (κ1) is 8.49. The summed E-state index contributed by atoms with van der Waals surface area (Å²) in [6.45, 7) is 0.193. The molecule has 1 heterocycles. The average Bonchev–Trinajstić information content (AvgIpc) is 2.16. The Hall–Kier alpha value is -2.11. The van der Waals surface area contributed by atoms with Crippen molar-refractivity contribution >= 4 is 17.4 Å². The van der Waals surface area contributed by atoms with Gasteiger partial charge in [-0.25, -0.2) is 4.79 Å². The summed E-state index contributed by atoms with van der Waals surface area (Å²) in [5, 5.41) is 15.6. The van der Waals surface area contributed by atoms with E-state index in [1.807, 2.05) is 0 Å². The third-order valence-electron chi connectivity index (χ3n) is 2.02. The van der Waals surface area contributed by atoms with E-state index in [0.717, 1.165) is 0 Å². The van der Waals surface area contributed by atoms with E-state index in [0.29, 0.717) is 11.3 Å². The van der Waals surface area contributed by atoms with Gasteiger partial charge in [0.15, 0.2) is 0 Å². The molecule has 0 aromatic heterocycles. The molecule has 0 saturated heterocycles. The number of urea groups is 1. The highest BCUT2D eigenvalue weighted by Gasteiger charge is 2.22. The minimum absolute atomic E-state index is 0.0231. The maximum Gasteiger partial charge on any atom is 0.319 e. The molecule has 0 aliphatic carbocycles. The van der Waals surface area contributed by atoms with Crippen LogP contribution >= 0.6 is 0 Å². The number of fused-ring (bicyclic) bond motifs is 1. The largest absolute Gasteiger partial charge is 0.333 e. The fourth-order valence-electron chi connectivity index (χ4n) is 1.38. The summed E-state index contributed by atoms with van der Waals surface area (Å²) < 4.78 is 0. The van der Waals surface area contributed by atoms with Crippen LogP contribution in [0.5, 0.6) is 0 Å². The minimum atomic E-state index is -0.460. The first-order valence-corrected chi connectivity index (χ1v) is 3.99. The number of nitrogens with one attached hydrogen (secondary N) is 2. The SMILES string of the molecule is O=C1NCc2c(cccc2[N+](=O)[O-])N1. The number of carbonyl (C=O) groups excluding carboxylic acids is 1. The van der Waals surface area contributed by atoms with Gasteiger partial charge in [0.2, 0.25) is 0 Å². The Labute approximate surface area is 79.1 Å². The van der Waals surface area contributed by atoms with Crippen molar-refractivity contribution in [2.24, 2.45) is 0 Å². The number of anilines is 1. The molecule has 0 bridgehead atoms. The number of benzene rings is 1. The topological polar surface area (TPSA) is 84.3 Å². The molecule has 0 atom stereocenters. The average molecular weight is 193 g/mol. The molecule has 0 saturated carbocycles. The van der Waals surface area contributed by atoms with Crippen LogP contribution < -0.4 is 10.6 Å². The van der Waals surface area contributed by atoms with Crippen molar-refractivity contribution in [1.82, 2.24) is 5.32 Å². The Kier molecular flexibility index (Phi) is 1.81. The second-order valence-electron chi connectivity index (χ2n) is 2.87. The number of hydrogen-bond donors (Lipinski definition) is 2. The Morgan fingerprint density at radius 3 is 2.93 bits per heavy atom. The molecule has 0 radical (unpaired) electrons. The first-order chi connectivity index (χ1) is 6.68. The lowest BCUT2D eigenvalue weighted by Gasteiger charge is -2.17. The Balaban J connectivity index is 2.52. The van der Waals surface area contributed by atoms with Crippen LogP contribution in [0.1, 0.15) is 5.56 Å². The Bertz CT molecular complexity index is 416. The number of nitrogens with zero attached hydrogens (tertiary/aromatic N) is 1. The summed E-state index contributed by atoms with van der Waals surface area (Å²) in [6, 6.07) is 4.26. The van der Waals surface area contributed by atoms with E-state index in [4.69, 9.17) is 0 Å². The standard InChI is InChI=1S/C8H7N3O3/c12-8-9-4-5-6(10-8)2-1-3-7(5)11(13)14/h1-3H,4H2,(H2,9,10,12). The number of nitro benzene ring substituents is 1. The zero-order valence-electron chi connectivity index (χ0n) is 7.11. The summed E-state index contributed by atoms with van der Waals surface area (Å²) in [6.07, 6.45) is 0. The number of nitro groups is 1. The number of carbonyl (C=O) groups is 1. The van der Waals surface area contributed by atoms with Crippen molar-refractivity contribution in [2.45, 2.75) is 6.54 Å². The summed E-state index contributed by atoms with van der Waals surface area (Å²) in [4.78, 5) is 21.1. The van der Waals surface area contributed by atoms with Crippen LogP contribution in [0, 0.1) is 10.1 Å². The second kappa shape index (κ2) is 2.99. The van der Waals surface area contributed by atoms with E-state index < -0.39 is 4.92 Å². The van der Waals surface area contributed by atoms with Gasteiger partial charge in [0.05, 0.1) is 22.7 Å². The molecule has 6 heteroatoms. The van der Waals surface area contributed by atoms with Crippen LogP contribution in [0.25, 0.3) is 0 Å². The highest BCUT2D eigenvalue weighted by atomic mass is 16.6. The second-order valence-corrected chi connectivity index (χ2v) is 2.87. The molecule has 1 aromatic rings. The van der Waals surface area contributed by atoms with E-state index in [1.54, 1.807) is 12.1 Å². The van der Waals surface area contributed by atoms with Gasteiger partial charge >= 0.3 is 6.03 Å². The van der Waals surface area contributed by atoms with Crippen molar-refractivity contribution < 1.29 is 9.72 Å². The van der Waals surface area contributed by atoms with Gasteiger partial charge in [-0.15, -0.1) is 0 Å². The summed E-state index contributed by atoms with van der Waals surface area (Å²) in [7, 11) is 0. The summed E-state index contributed by atoms with van der Waals surface area (Å²) in [5.41, 5.74) is 1.04. The molecule has 2 amide bonds. The van der Waals surface area contributed by atoms with E-state index in [-0.39, 0.29) is 18.3 Å². The third-order valence-corrected chi connectivity index (χ3v) is 2.02. The fourth-order valence-corrected chi connectivity index (χ4v) is 1.38. The van der Waals surface area contributed by atoms with Crippen LogP contribution in [-0.4, -0.2) is 11.0 Å². The zero-order chi connectivity index (χ0) is 10.1. The molecule has 0 unspecified atom stereocenters. The van der Waals surface area contributed by atoms with E-state index >= 15 is 0 Å². The van der Waals surface area contributed by atoms with Crippen LogP contribution in [-0.2, 0) is 6.54 Å². The minimum Gasteiger partial charge on any atom is -0.333 e. The highest BCUT2D eigenvalue weighted by Crippen LogP contribution is 2.27. The lowest BCUT2D eigenvalue weighted by Crippen LogP contribution is -2.33. The Morgan fingerprint density at radius 1 is 1.43 bits per heavy atom. The Morgan fingerprint density at radius 2 is 2.21 bits per heavy atom. The van der Waals surface area contributed by atoms with Crippen molar-refractivity contribution in [2.75, 3.05) is 5.32 Å². The zero-order valence-corrected chi connectivity index (χ0v) is 7.11. The first-order valence-electron chi connectivity index (χ1n) is 3.99. The lowest BCUT2D eigenvalue weighted by molar-refractivity contribution is -0.385. The molecular formula is C8H7N3O3. The highest BCUT2D eigenvalue weighted by molar-refractivity contribution is 5.93. The molecule has 1 aliphatic rings. The molecule has 2 N–H and O–H groups in total. The van der Waals surface area contributed by atoms with Crippen LogP contribution in [0.3, 0.4) is 0 Å². The summed E-state index contributed by atoms with van der Waals surface area (Å²) in [5.74, 6) is 0. The normalized spacial score (nSPS) is 13.9. The number of hydrogen-bond acceptors (Lipinski definition) is 3. The van der Waals surface area contributed by atoms with Gasteiger partial charge in [0.25, 0.3) is 5.69 Å². The molecule has 1 aromatic carbocycles. The smallest absolute Gasteiger partial charge is 0.319 e. The molecule has 14 heavy (non-hydrogen) atoms. The van der Waals surface area contributed by atoms with Gasteiger partial charge in [-0.05, 0) is 6.07 Å². The van der Waals surface area contributed by atoms with Gasteiger partial charge in [-0.2, -0.15) is 0 Å². The number of rotatable bonds is 1. The molecule has 0 fully saturated rings. The van der Waals surface area contributed by atoms with E-state index in [2.05, 4.69) is 10.6 Å². The predicted octanol–water partition coefficient (Wildman–Crippen LogP) is 1.23. The molecule has 6 nitrogen and oxygen atoms in total. The molecular weight excluding hydrogens is 186 g/mol. The van der Waals surface area contributed by atoms with Crippen LogP contribution in [0.4, 0.5) is 16.2 Å². The van der Waals surface area contributed by atoms with Crippen LogP contribution in [0.2, 0.25) is 0 Å². The molecule has 72 valence electrons. The monoisotopic (exact) mass is 193 g/mol. The lowest BCUT2D eigenvalue weighted by atomic mass is 10.1. The van der Waals surface area contributed by atoms with Gasteiger partial charge in [0, 0.05) is 6.07 Å². The van der Waals surface area contributed by atoms with Crippen LogP contribution in [0.15, 0.2) is 18.2 Å². The molecule has 2 rings (SSSR count). The summed E-state index contributed by atoms with van der Waals surface area (Å²) >= 11 is 0.